The number of morpholine rings is 1. The normalized spacial score (nSPS) is 17.0. The summed E-state index contributed by atoms with van der Waals surface area (Å²) in [7, 11) is 0. The monoisotopic (exact) mass is 511 g/mol. The molecule has 8 nitrogen and oxygen atoms in total. The van der Waals surface area contributed by atoms with E-state index in [-0.39, 0.29) is 11.4 Å². The fraction of sp³-hybridized carbons (Fsp3) is 0.407. The van der Waals surface area contributed by atoms with E-state index in [4.69, 9.17) is 16.3 Å². The Balaban J connectivity index is 0.00000304. The van der Waals surface area contributed by atoms with Crippen LogP contribution in [0.4, 0.5) is 11.4 Å². The molecule has 3 heterocycles. The first-order valence-corrected chi connectivity index (χ1v) is 12.7. The van der Waals surface area contributed by atoms with Crippen LogP contribution in [0.3, 0.4) is 0 Å². The van der Waals surface area contributed by atoms with Crippen LogP contribution in [0.2, 0.25) is 5.02 Å². The minimum Gasteiger partial charge on any atom is -0.412 e. The van der Waals surface area contributed by atoms with Gasteiger partial charge in [0.25, 0.3) is 5.91 Å². The maximum atomic E-state index is 13.0. The molecule has 2 aromatic carbocycles. The van der Waals surface area contributed by atoms with Gasteiger partial charge >= 0.3 is 0 Å². The highest BCUT2D eigenvalue weighted by Crippen LogP contribution is 2.28. The maximum absolute atomic E-state index is 13.0. The number of carbonyl (C=O) groups excluding carboxylic acids is 1. The average molecular weight is 512 g/mol. The number of rotatable bonds is 5. The molecule has 9 heteroatoms. The average Bonchev–Trinajstić information content (AvgIpc) is 3.27. The second-order valence-corrected chi connectivity index (χ2v) is 9.79. The molecule has 2 aliphatic heterocycles. The van der Waals surface area contributed by atoms with E-state index >= 15 is 0 Å². The first-order chi connectivity index (χ1) is 17.0. The topological polar surface area (TPSA) is 94.1 Å². The van der Waals surface area contributed by atoms with E-state index in [0.29, 0.717) is 16.6 Å². The summed E-state index contributed by atoms with van der Waals surface area (Å²) in [5.41, 5.74) is 5.39. The van der Waals surface area contributed by atoms with Crippen molar-refractivity contribution in [3.63, 3.8) is 0 Å². The third kappa shape index (κ3) is 5.57. The highest BCUT2D eigenvalue weighted by atomic mass is 35.5. The molecule has 1 amide bonds. The summed E-state index contributed by atoms with van der Waals surface area (Å²) >= 11 is 5.99. The second-order valence-electron chi connectivity index (χ2n) is 9.35. The molecule has 192 valence electrons. The molecule has 0 radical (unpaired) electrons. The highest BCUT2D eigenvalue weighted by Gasteiger charge is 2.26. The smallest absolute Gasteiger partial charge is 0.259 e. The number of halogens is 1. The Bertz CT molecular complexity index is 1180. The minimum atomic E-state index is -0.166. The zero-order valence-corrected chi connectivity index (χ0v) is 21.6. The van der Waals surface area contributed by atoms with Crippen LogP contribution in [0.15, 0.2) is 48.7 Å². The quantitative estimate of drug-likeness (QED) is 0.561. The van der Waals surface area contributed by atoms with Gasteiger partial charge in [0, 0.05) is 48.6 Å². The van der Waals surface area contributed by atoms with Gasteiger partial charge in [-0.1, -0.05) is 11.6 Å². The van der Waals surface area contributed by atoms with Crippen molar-refractivity contribution < 1.29 is 15.0 Å². The number of benzene rings is 2. The molecule has 0 saturated carbocycles. The molecule has 3 N–H and O–H groups in total. The molecule has 0 aliphatic carbocycles. The lowest BCUT2D eigenvalue weighted by Crippen LogP contribution is -2.49. The summed E-state index contributed by atoms with van der Waals surface area (Å²) < 4.78 is 7.25. The van der Waals surface area contributed by atoms with Crippen LogP contribution in [0.25, 0.3) is 5.69 Å². The van der Waals surface area contributed by atoms with Crippen molar-refractivity contribution in [3.05, 3.63) is 70.5 Å². The first kappa shape index (κ1) is 26.2. The van der Waals surface area contributed by atoms with Gasteiger partial charge < -0.3 is 20.4 Å². The minimum absolute atomic E-state index is 0. The van der Waals surface area contributed by atoms with Crippen molar-refractivity contribution in [1.29, 1.82) is 0 Å². The fourth-order valence-corrected chi connectivity index (χ4v) is 5.30. The summed E-state index contributed by atoms with van der Waals surface area (Å²) in [4.78, 5) is 18.1. The number of nitrogens with zero attached hydrogens (tertiary/aromatic N) is 4. The first-order valence-electron chi connectivity index (χ1n) is 12.3. The van der Waals surface area contributed by atoms with Crippen LogP contribution in [0.5, 0.6) is 0 Å². The largest absolute Gasteiger partial charge is 0.412 e. The van der Waals surface area contributed by atoms with Gasteiger partial charge in [0.2, 0.25) is 0 Å². The Morgan fingerprint density at radius 1 is 1.03 bits per heavy atom. The summed E-state index contributed by atoms with van der Waals surface area (Å²) in [6, 6.07) is 14.2. The van der Waals surface area contributed by atoms with E-state index < -0.39 is 0 Å². The van der Waals surface area contributed by atoms with E-state index in [1.807, 2.05) is 37.3 Å². The Hall–Kier alpha value is -2.91. The summed E-state index contributed by atoms with van der Waals surface area (Å²) in [5, 5.41) is 8.11. The van der Waals surface area contributed by atoms with Crippen LogP contribution >= 0.6 is 11.6 Å². The summed E-state index contributed by atoms with van der Waals surface area (Å²) in [6.45, 7) is 9.93. The number of piperidine rings is 1. The maximum Gasteiger partial charge on any atom is 0.259 e. The van der Waals surface area contributed by atoms with Gasteiger partial charge in [-0.3, -0.25) is 9.69 Å². The SMILES string of the molecule is Cc1cc(NC(=O)c2cnn(-c3ccc(Cl)cc3)c2C)ccc1N1CCC(N2CCOCC2)CC1.O. The van der Waals surface area contributed by atoms with Gasteiger partial charge in [-0.25, -0.2) is 4.68 Å². The Morgan fingerprint density at radius 2 is 1.72 bits per heavy atom. The molecule has 2 aliphatic rings. The third-order valence-corrected chi connectivity index (χ3v) is 7.40. The molecule has 3 aromatic rings. The Labute approximate surface area is 217 Å². The number of hydrogen-bond acceptors (Lipinski definition) is 5. The third-order valence-electron chi connectivity index (χ3n) is 7.15. The number of hydrogen-bond donors (Lipinski definition) is 1. The Morgan fingerprint density at radius 3 is 2.39 bits per heavy atom. The molecular formula is C27H34ClN5O3. The van der Waals surface area contributed by atoms with E-state index in [9.17, 15) is 4.79 Å². The zero-order valence-electron chi connectivity index (χ0n) is 20.8. The molecule has 1 aromatic heterocycles. The fourth-order valence-electron chi connectivity index (χ4n) is 5.18. The van der Waals surface area contributed by atoms with Gasteiger partial charge in [0.05, 0.1) is 36.4 Å². The lowest BCUT2D eigenvalue weighted by Gasteiger charge is -2.41. The number of anilines is 2. The molecule has 0 bridgehead atoms. The van der Waals surface area contributed by atoms with Gasteiger partial charge in [-0.2, -0.15) is 5.10 Å². The van der Waals surface area contributed by atoms with Crippen molar-refractivity contribution in [2.24, 2.45) is 0 Å². The summed E-state index contributed by atoms with van der Waals surface area (Å²) in [6.07, 6.45) is 3.96. The molecule has 0 unspecified atom stereocenters. The van der Waals surface area contributed by atoms with Crippen molar-refractivity contribution in [1.82, 2.24) is 14.7 Å². The predicted octanol–water partition coefficient (Wildman–Crippen LogP) is 3.87. The molecule has 2 saturated heterocycles. The van der Waals surface area contributed by atoms with Crippen molar-refractivity contribution in [2.45, 2.75) is 32.7 Å². The number of aryl methyl sites for hydroxylation is 1. The van der Waals surface area contributed by atoms with Crippen LogP contribution in [0, 0.1) is 13.8 Å². The van der Waals surface area contributed by atoms with E-state index in [1.165, 1.54) is 24.1 Å². The van der Waals surface area contributed by atoms with E-state index in [0.717, 1.165) is 56.5 Å². The molecule has 36 heavy (non-hydrogen) atoms. The highest BCUT2D eigenvalue weighted by molar-refractivity contribution is 6.30. The van der Waals surface area contributed by atoms with E-state index in [2.05, 4.69) is 39.3 Å². The zero-order chi connectivity index (χ0) is 24.4. The second kappa shape index (κ2) is 11.4. The lowest BCUT2D eigenvalue weighted by atomic mass is 10.0. The number of amides is 1. The lowest BCUT2D eigenvalue weighted by molar-refractivity contribution is 0.0115. The van der Waals surface area contributed by atoms with Crippen LogP contribution < -0.4 is 10.2 Å². The van der Waals surface area contributed by atoms with Gasteiger partial charge in [-0.15, -0.1) is 0 Å². The molecule has 0 spiro atoms. The van der Waals surface area contributed by atoms with Crippen LogP contribution in [-0.4, -0.2) is 71.5 Å². The number of aromatic nitrogens is 2. The van der Waals surface area contributed by atoms with Gasteiger partial charge in [0.15, 0.2) is 0 Å². The standard InChI is InChI=1S/C27H32ClN5O2.H2O/c1-19-17-22(5-8-26(19)32-11-9-23(10-12-32)31-13-15-35-16-14-31)30-27(34)25-18-29-33(20(25)2)24-6-3-21(28)4-7-24;/h3-8,17-18,23H,9-16H2,1-2H3,(H,30,34);1H2. The predicted molar refractivity (Wildman–Crippen MR) is 144 cm³/mol. The van der Waals surface area contributed by atoms with Gasteiger partial charge in [0.1, 0.15) is 0 Å². The molecule has 0 atom stereocenters. The number of nitrogens with one attached hydrogen (secondary N) is 1. The van der Waals surface area contributed by atoms with Crippen LogP contribution in [0.1, 0.15) is 34.5 Å². The van der Waals surface area contributed by atoms with Crippen molar-refractivity contribution >= 4 is 28.9 Å². The van der Waals surface area contributed by atoms with Crippen molar-refractivity contribution in [2.75, 3.05) is 49.6 Å². The number of ether oxygens (including phenoxy) is 1. The molecule has 5 rings (SSSR count). The van der Waals surface area contributed by atoms with Crippen molar-refractivity contribution in [3.8, 4) is 5.69 Å². The Kier molecular flexibility index (Phi) is 8.31. The molecular weight excluding hydrogens is 478 g/mol. The van der Waals surface area contributed by atoms with Crippen LogP contribution in [-0.2, 0) is 4.74 Å². The number of carbonyl (C=O) groups is 1. The van der Waals surface area contributed by atoms with Gasteiger partial charge in [-0.05, 0) is 74.7 Å². The summed E-state index contributed by atoms with van der Waals surface area (Å²) in [5.74, 6) is -0.166. The van der Waals surface area contributed by atoms with E-state index in [1.54, 1.807) is 10.9 Å². The molecule has 2 fully saturated rings.